The van der Waals surface area contributed by atoms with Crippen LogP contribution in [0, 0.1) is 0 Å². The molecule has 2 saturated heterocycles. The lowest BCUT2D eigenvalue weighted by molar-refractivity contribution is 0.167. The number of aromatic nitrogens is 2. The highest BCUT2D eigenvalue weighted by Crippen LogP contribution is 2.33. The van der Waals surface area contributed by atoms with Crippen molar-refractivity contribution in [2.24, 2.45) is 0 Å². The molecule has 4 heterocycles. The van der Waals surface area contributed by atoms with Crippen molar-refractivity contribution in [3.63, 3.8) is 0 Å². The SMILES string of the molecule is c1ccc2sc(-c3ccc(N4CCSCCOCCSCC4)cc3)nc2c1.c1ccc2sc(-c3ccc(N4CCSCCOCCSCC4)cc3)nc2c1. The van der Waals surface area contributed by atoms with Gasteiger partial charge in [0, 0.05) is 94.7 Å². The molecule has 12 heteroatoms. The van der Waals surface area contributed by atoms with Crippen LogP contribution >= 0.6 is 69.7 Å². The standard InChI is InChI=1S/2C21H24N2OS3/c2*1-2-4-20-19(3-1)22-21(27-20)17-5-7-18(8-6-17)23-9-13-25-15-11-24-12-16-26-14-10-23/h2*1-8H,9-16H2. The van der Waals surface area contributed by atoms with Crippen LogP contribution in [-0.4, -0.2) is 109 Å². The molecule has 54 heavy (non-hydrogen) atoms. The maximum atomic E-state index is 5.63. The second-order valence-electron chi connectivity index (χ2n) is 12.7. The normalized spacial score (nSPS) is 17.4. The first-order valence-electron chi connectivity index (χ1n) is 18.7. The third-order valence-corrected chi connectivity index (χ3v) is 14.9. The topological polar surface area (TPSA) is 50.7 Å². The Hall–Kier alpha value is -2.42. The van der Waals surface area contributed by atoms with E-state index in [2.05, 4.69) is 94.7 Å². The smallest absolute Gasteiger partial charge is 0.124 e. The van der Waals surface area contributed by atoms with Crippen LogP contribution in [0.2, 0.25) is 0 Å². The van der Waals surface area contributed by atoms with Gasteiger partial charge in [-0.3, -0.25) is 0 Å². The minimum atomic E-state index is 0.877. The first-order chi connectivity index (χ1) is 26.8. The Kier molecular flexibility index (Phi) is 16.0. The summed E-state index contributed by atoms with van der Waals surface area (Å²) in [4.78, 5) is 14.6. The number of benzene rings is 4. The fourth-order valence-electron chi connectivity index (χ4n) is 6.14. The van der Waals surface area contributed by atoms with Crippen LogP contribution in [0.15, 0.2) is 97.1 Å². The van der Waals surface area contributed by atoms with Gasteiger partial charge in [0.1, 0.15) is 10.0 Å². The van der Waals surface area contributed by atoms with Crippen molar-refractivity contribution in [1.82, 2.24) is 9.97 Å². The zero-order valence-electron chi connectivity index (χ0n) is 30.6. The molecule has 6 nitrogen and oxygen atoms in total. The molecule has 0 N–H and O–H groups in total. The number of rotatable bonds is 4. The third-order valence-electron chi connectivity index (χ3n) is 9.06. The highest BCUT2D eigenvalue weighted by molar-refractivity contribution is 8.00. The molecule has 0 atom stereocenters. The van der Waals surface area contributed by atoms with Gasteiger partial charge in [-0.25, -0.2) is 9.97 Å². The summed E-state index contributed by atoms with van der Waals surface area (Å²) in [5.74, 6) is 8.96. The zero-order valence-corrected chi connectivity index (χ0v) is 35.5. The molecule has 2 aliphatic heterocycles. The van der Waals surface area contributed by atoms with Crippen LogP contribution in [0.1, 0.15) is 0 Å². The average molecular weight is 833 g/mol. The van der Waals surface area contributed by atoms with E-state index in [1.807, 2.05) is 59.2 Å². The van der Waals surface area contributed by atoms with E-state index in [9.17, 15) is 0 Å². The second kappa shape index (κ2) is 21.8. The van der Waals surface area contributed by atoms with Crippen LogP contribution in [0.5, 0.6) is 0 Å². The number of anilines is 2. The predicted octanol–water partition coefficient (Wildman–Crippen LogP) is 10.5. The Balaban J connectivity index is 0.000000167. The van der Waals surface area contributed by atoms with Crippen molar-refractivity contribution in [2.45, 2.75) is 0 Å². The van der Waals surface area contributed by atoms with Crippen LogP contribution < -0.4 is 9.80 Å². The Morgan fingerprint density at radius 2 is 0.759 bits per heavy atom. The Morgan fingerprint density at radius 1 is 0.407 bits per heavy atom. The third kappa shape index (κ3) is 11.8. The van der Waals surface area contributed by atoms with Gasteiger partial charge in [0.25, 0.3) is 0 Å². The van der Waals surface area contributed by atoms with Gasteiger partial charge in [-0.2, -0.15) is 47.0 Å². The van der Waals surface area contributed by atoms with Gasteiger partial charge in [-0.05, 0) is 72.8 Å². The van der Waals surface area contributed by atoms with Crippen molar-refractivity contribution >= 4 is 102 Å². The van der Waals surface area contributed by atoms with E-state index in [1.165, 1.54) is 31.9 Å². The molecule has 284 valence electrons. The van der Waals surface area contributed by atoms with Crippen molar-refractivity contribution in [3.05, 3.63) is 97.1 Å². The van der Waals surface area contributed by atoms with Crippen molar-refractivity contribution in [3.8, 4) is 21.1 Å². The minimum absolute atomic E-state index is 0.877. The van der Waals surface area contributed by atoms with E-state index in [-0.39, 0.29) is 0 Å². The molecular formula is C42H48N4O2S6. The number of thioether (sulfide) groups is 4. The summed E-state index contributed by atoms with van der Waals surface area (Å²) in [6, 6.07) is 34.6. The summed E-state index contributed by atoms with van der Waals surface area (Å²) < 4.78 is 13.8. The highest BCUT2D eigenvalue weighted by atomic mass is 32.2. The molecule has 0 spiro atoms. The lowest BCUT2D eigenvalue weighted by Gasteiger charge is -2.25. The van der Waals surface area contributed by atoms with E-state index >= 15 is 0 Å². The van der Waals surface area contributed by atoms with Gasteiger partial charge in [-0.15, -0.1) is 22.7 Å². The van der Waals surface area contributed by atoms with Crippen molar-refractivity contribution in [2.75, 3.05) is 108 Å². The molecule has 0 aliphatic carbocycles. The first-order valence-corrected chi connectivity index (χ1v) is 24.9. The fraction of sp³-hybridized carbons (Fsp3) is 0.381. The molecule has 8 rings (SSSR count). The number of para-hydroxylation sites is 2. The minimum Gasteiger partial charge on any atom is -0.380 e. The molecule has 4 aromatic carbocycles. The number of ether oxygens (including phenoxy) is 2. The summed E-state index contributed by atoms with van der Waals surface area (Å²) in [6.07, 6.45) is 0. The van der Waals surface area contributed by atoms with Crippen LogP contribution in [0.25, 0.3) is 41.6 Å². The molecule has 0 saturated carbocycles. The monoisotopic (exact) mass is 832 g/mol. The summed E-state index contributed by atoms with van der Waals surface area (Å²) in [6.45, 7) is 7.86. The summed E-state index contributed by atoms with van der Waals surface area (Å²) in [5, 5.41) is 2.20. The average Bonchev–Trinajstić information content (AvgIpc) is 3.84. The molecule has 0 unspecified atom stereocenters. The molecule has 2 aliphatic rings. The predicted molar refractivity (Wildman–Crippen MR) is 245 cm³/mol. The number of nitrogens with zero attached hydrogens (tertiary/aromatic N) is 4. The van der Waals surface area contributed by atoms with Crippen LogP contribution in [0.3, 0.4) is 0 Å². The number of fused-ring (bicyclic) bond motifs is 2. The van der Waals surface area contributed by atoms with Gasteiger partial charge in [-0.1, -0.05) is 24.3 Å². The highest BCUT2D eigenvalue weighted by Gasteiger charge is 2.12. The van der Waals surface area contributed by atoms with E-state index in [0.717, 1.165) is 120 Å². The maximum Gasteiger partial charge on any atom is 0.124 e. The molecule has 6 aromatic rings. The first kappa shape index (κ1) is 39.8. The molecule has 0 bridgehead atoms. The Morgan fingerprint density at radius 3 is 1.11 bits per heavy atom. The molecule has 2 fully saturated rings. The largest absolute Gasteiger partial charge is 0.380 e. The molecule has 0 amide bonds. The van der Waals surface area contributed by atoms with E-state index in [0.29, 0.717) is 0 Å². The Labute approximate surface area is 345 Å². The molecule has 2 aromatic heterocycles. The zero-order chi connectivity index (χ0) is 36.6. The number of hydrogen-bond donors (Lipinski definition) is 0. The van der Waals surface area contributed by atoms with Gasteiger partial charge in [0.05, 0.1) is 46.9 Å². The number of thiazole rings is 2. The summed E-state index contributed by atoms with van der Waals surface area (Å²) in [5.41, 5.74) is 7.21. The quantitative estimate of drug-likeness (QED) is 0.172. The van der Waals surface area contributed by atoms with Gasteiger partial charge < -0.3 is 19.3 Å². The lowest BCUT2D eigenvalue weighted by atomic mass is 10.2. The van der Waals surface area contributed by atoms with Crippen LogP contribution in [-0.2, 0) is 9.47 Å². The van der Waals surface area contributed by atoms with E-state index in [1.54, 1.807) is 22.7 Å². The van der Waals surface area contributed by atoms with Gasteiger partial charge >= 0.3 is 0 Å². The van der Waals surface area contributed by atoms with Gasteiger partial charge in [0.15, 0.2) is 0 Å². The van der Waals surface area contributed by atoms with E-state index < -0.39 is 0 Å². The van der Waals surface area contributed by atoms with Crippen molar-refractivity contribution < 1.29 is 9.47 Å². The maximum absolute atomic E-state index is 5.63. The number of hydrogen-bond acceptors (Lipinski definition) is 12. The lowest BCUT2D eigenvalue weighted by Crippen LogP contribution is -2.29. The van der Waals surface area contributed by atoms with Gasteiger partial charge in [0.2, 0.25) is 0 Å². The van der Waals surface area contributed by atoms with E-state index in [4.69, 9.17) is 19.4 Å². The molecule has 0 radical (unpaired) electrons. The Bertz CT molecular complexity index is 1750. The summed E-state index contributed by atoms with van der Waals surface area (Å²) >= 11 is 11.5. The fourth-order valence-corrected chi connectivity index (χ4v) is 11.2. The second-order valence-corrected chi connectivity index (χ2v) is 19.7. The summed E-state index contributed by atoms with van der Waals surface area (Å²) in [7, 11) is 0. The van der Waals surface area contributed by atoms with Crippen LogP contribution in [0.4, 0.5) is 11.4 Å². The van der Waals surface area contributed by atoms with Crippen molar-refractivity contribution in [1.29, 1.82) is 0 Å². The molecular weight excluding hydrogens is 785 g/mol.